The van der Waals surface area contributed by atoms with Crippen LogP contribution in [0.1, 0.15) is 98.8 Å². The molecule has 0 aromatic rings. The summed E-state index contributed by atoms with van der Waals surface area (Å²) in [6.07, 6.45) is 15.3. The maximum Gasteiger partial charge on any atom is 0.155 e. The van der Waals surface area contributed by atoms with Crippen LogP contribution >= 0.6 is 0 Å². The average molecular weight is 443 g/mol. The van der Waals surface area contributed by atoms with E-state index in [0.717, 1.165) is 55.8 Å². The molecule has 180 valence electrons. The molecule has 0 aliphatic heterocycles. The Balaban J connectivity index is 1.49. The molecule has 5 unspecified atom stereocenters. The Morgan fingerprint density at radius 2 is 1.91 bits per heavy atom. The first-order chi connectivity index (χ1) is 15.1. The first-order valence-corrected chi connectivity index (χ1v) is 13.3. The molecule has 0 spiro atoms. The summed E-state index contributed by atoms with van der Waals surface area (Å²) in [6, 6.07) is 0. The summed E-state index contributed by atoms with van der Waals surface area (Å²) in [7, 11) is 0. The number of fused-ring (bicyclic) bond motifs is 5. The Morgan fingerprint density at radius 3 is 2.56 bits per heavy atom. The van der Waals surface area contributed by atoms with E-state index in [1.807, 2.05) is 6.08 Å². The number of hydrogen-bond donors (Lipinski definition) is 1. The highest BCUT2D eigenvalue weighted by Crippen LogP contribution is 2.67. The Labute approximate surface area is 196 Å². The van der Waals surface area contributed by atoms with Gasteiger partial charge < -0.3 is 0 Å². The Hall–Kier alpha value is -0.930. The summed E-state index contributed by atoms with van der Waals surface area (Å²) in [5, 5.41) is 9.63. The molecule has 3 saturated carbocycles. The summed E-state index contributed by atoms with van der Waals surface area (Å²) >= 11 is 0. The van der Waals surface area contributed by atoms with E-state index in [4.69, 9.17) is 4.89 Å². The Kier molecular flexibility index (Phi) is 6.57. The van der Waals surface area contributed by atoms with E-state index in [1.165, 1.54) is 37.7 Å². The van der Waals surface area contributed by atoms with Gasteiger partial charge in [0.2, 0.25) is 0 Å². The van der Waals surface area contributed by atoms with Crippen LogP contribution < -0.4 is 0 Å². The topological polar surface area (TPSA) is 46.5 Å². The van der Waals surface area contributed by atoms with E-state index in [-0.39, 0.29) is 11.3 Å². The zero-order valence-electron chi connectivity index (χ0n) is 21.2. The van der Waals surface area contributed by atoms with E-state index < -0.39 is 5.60 Å². The molecule has 0 aromatic heterocycles. The number of rotatable bonds is 7. The first kappa shape index (κ1) is 24.2. The fourth-order valence-corrected chi connectivity index (χ4v) is 9.00. The summed E-state index contributed by atoms with van der Waals surface area (Å²) < 4.78 is 0. The zero-order valence-corrected chi connectivity index (χ0v) is 21.2. The van der Waals surface area contributed by atoms with Crippen molar-refractivity contribution in [1.29, 1.82) is 0 Å². The van der Waals surface area contributed by atoms with Crippen molar-refractivity contribution < 1.29 is 14.9 Å². The average Bonchev–Trinajstić information content (AvgIpc) is 3.12. The monoisotopic (exact) mass is 442 g/mol. The number of hydrogen-bond acceptors (Lipinski definition) is 3. The van der Waals surface area contributed by atoms with Crippen LogP contribution in [0.3, 0.4) is 0 Å². The van der Waals surface area contributed by atoms with Crippen LogP contribution in [0.2, 0.25) is 0 Å². The highest BCUT2D eigenvalue weighted by Gasteiger charge is 2.59. The molecule has 4 rings (SSSR count). The van der Waals surface area contributed by atoms with E-state index in [0.29, 0.717) is 17.1 Å². The van der Waals surface area contributed by atoms with Crippen LogP contribution in [0.15, 0.2) is 24.3 Å². The highest BCUT2D eigenvalue weighted by molar-refractivity contribution is 5.91. The molecule has 0 heterocycles. The molecule has 1 N–H and O–H groups in total. The van der Waals surface area contributed by atoms with Gasteiger partial charge in [0.25, 0.3) is 0 Å². The smallest absolute Gasteiger partial charge is 0.155 e. The number of carbonyl (C=O) groups is 1. The molecule has 0 aromatic carbocycles. The van der Waals surface area contributed by atoms with Crippen molar-refractivity contribution in [3.63, 3.8) is 0 Å². The third-order valence-electron chi connectivity index (χ3n) is 11.2. The third kappa shape index (κ3) is 3.66. The summed E-state index contributed by atoms with van der Waals surface area (Å²) in [4.78, 5) is 17.1. The van der Waals surface area contributed by atoms with Gasteiger partial charge in [-0.25, -0.2) is 4.89 Å². The van der Waals surface area contributed by atoms with Crippen molar-refractivity contribution >= 4 is 5.78 Å². The van der Waals surface area contributed by atoms with E-state index in [1.54, 1.807) is 6.08 Å². The van der Waals surface area contributed by atoms with Crippen LogP contribution in [0, 0.1) is 46.3 Å². The van der Waals surface area contributed by atoms with E-state index in [2.05, 4.69) is 41.2 Å². The number of ketones is 1. The molecule has 32 heavy (non-hydrogen) atoms. The predicted octanol–water partition coefficient (Wildman–Crippen LogP) is 7.62. The zero-order chi connectivity index (χ0) is 23.3. The lowest BCUT2D eigenvalue weighted by molar-refractivity contribution is -0.321. The second kappa shape index (κ2) is 8.69. The fraction of sp³-hybridized carbons (Fsp3) is 0.828. The molecule has 0 bridgehead atoms. The van der Waals surface area contributed by atoms with Crippen molar-refractivity contribution in [3.8, 4) is 0 Å². The lowest BCUT2D eigenvalue weighted by Gasteiger charge is -2.58. The van der Waals surface area contributed by atoms with Crippen molar-refractivity contribution in [1.82, 2.24) is 0 Å². The van der Waals surface area contributed by atoms with Crippen LogP contribution in [0.5, 0.6) is 0 Å². The Bertz CT molecular complexity index is 768. The number of carbonyl (C=O) groups excluding carboxylic acids is 1. The molecule has 3 fully saturated rings. The second-order valence-corrected chi connectivity index (χ2v) is 12.6. The van der Waals surface area contributed by atoms with E-state index in [9.17, 15) is 10.1 Å². The van der Waals surface area contributed by atoms with Gasteiger partial charge in [-0.3, -0.25) is 10.1 Å². The van der Waals surface area contributed by atoms with Crippen LogP contribution in [0.4, 0.5) is 0 Å². The van der Waals surface area contributed by atoms with Crippen molar-refractivity contribution in [2.45, 2.75) is 104 Å². The van der Waals surface area contributed by atoms with Gasteiger partial charge in [0.15, 0.2) is 5.78 Å². The van der Waals surface area contributed by atoms with Crippen LogP contribution in [-0.4, -0.2) is 16.6 Å². The molecule has 4 aliphatic carbocycles. The van der Waals surface area contributed by atoms with Crippen molar-refractivity contribution in [3.05, 3.63) is 24.3 Å². The lowest BCUT2D eigenvalue weighted by Crippen LogP contribution is -2.51. The Morgan fingerprint density at radius 1 is 1.16 bits per heavy atom. The fourth-order valence-electron chi connectivity index (χ4n) is 9.00. The first-order valence-electron chi connectivity index (χ1n) is 13.3. The molecular weight excluding hydrogens is 396 g/mol. The minimum atomic E-state index is -0.635. The van der Waals surface area contributed by atoms with Crippen molar-refractivity contribution in [2.24, 2.45) is 46.3 Å². The maximum absolute atomic E-state index is 12.1. The number of allylic oxidation sites excluding steroid dienone is 1. The minimum Gasteiger partial charge on any atom is -0.295 e. The van der Waals surface area contributed by atoms with Crippen LogP contribution in [-0.2, 0) is 9.68 Å². The molecule has 0 radical (unpaired) electrons. The van der Waals surface area contributed by atoms with Gasteiger partial charge in [0.1, 0.15) is 5.60 Å². The highest BCUT2D eigenvalue weighted by atomic mass is 17.1. The quantitative estimate of drug-likeness (QED) is 0.250. The van der Waals surface area contributed by atoms with Gasteiger partial charge in [0.05, 0.1) is 0 Å². The van der Waals surface area contributed by atoms with Gasteiger partial charge in [-0.2, -0.15) is 0 Å². The second-order valence-electron chi connectivity index (χ2n) is 12.6. The predicted molar refractivity (Wildman–Crippen MR) is 130 cm³/mol. The van der Waals surface area contributed by atoms with Crippen LogP contribution in [0.25, 0.3) is 0 Å². The van der Waals surface area contributed by atoms with Gasteiger partial charge in [0, 0.05) is 6.42 Å². The standard InChI is InChI=1S/C29H46O3/c1-7-29(32-31,19(2)3)17-12-20(4)24-10-11-25-23-9-8-21-18-22(30)13-15-27(21,5)26(23)14-16-28(24,25)6/h7,18-20,23-26,31H,1,8-17H2,2-6H3/t20-,23?,24?,25?,26?,27+,28-,29?/m1/s1. The molecule has 8 atom stereocenters. The molecule has 3 nitrogen and oxygen atoms in total. The van der Waals surface area contributed by atoms with Gasteiger partial charge in [-0.05, 0) is 110 Å². The molecule has 3 heteroatoms. The lowest BCUT2D eigenvalue weighted by atomic mass is 9.46. The molecule has 0 amide bonds. The molecule has 4 aliphatic rings. The summed E-state index contributed by atoms with van der Waals surface area (Å²) in [5.41, 5.74) is 1.53. The maximum atomic E-state index is 12.1. The van der Waals surface area contributed by atoms with Crippen molar-refractivity contribution in [2.75, 3.05) is 0 Å². The molecule has 0 saturated heterocycles. The van der Waals surface area contributed by atoms with Gasteiger partial charge in [-0.1, -0.05) is 46.3 Å². The third-order valence-corrected chi connectivity index (χ3v) is 11.2. The summed E-state index contributed by atoms with van der Waals surface area (Å²) in [6.45, 7) is 15.7. The van der Waals surface area contributed by atoms with E-state index >= 15 is 0 Å². The minimum absolute atomic E-state index is 0.201. The van der Waals surface area contributed by atoms with Gasteiger partial charge in [-0.15, -0.1) is 6.58 Å². The largest absolute Gasteiger partial charge is 0.295 e. The summed E-state index contributed by atoms with van der Waals surface area (Å²) in [5.74, 6) is 4.34. The van der Waals surface area contributed by atoms with Gasteiger partial charge >= 0.3 is 0 Å². The SMILES string of the molecule is C=CC(CC[C@@H](C)C1CCC2C3CCC4=CC(=O)CC[C@]4(C)C3CC[C@@]21C)(OO)C(C)C. The normalized spacial score (nSPS) is 41.8. The molecular formula is C29H46O3.